The van der Waals surface area contributed by atoms with Crippen molar-refractivity contribution in [2.24, 2.45) is 5.73 Å². The molecular formula is C18H25N3O4S. The number of hydrogen-bond acceptors (Lipinski definition) is 7. The number of pyridine rings is 1. The van der Waals surface area contributed by atoms with Crippen molar-refractivity contribution in [3.8, 4) is 11.5 Å². The molecule has 142 valence electrons. The summed E-state index contributed by atoms with van der Waals surface area (Å²) in [6.07, 6.45) is 3.47. The van der Waals surface area contributed by atoms with Crippen LogP contribution in [-0.2, 0) is 9.53 Å². The second-order valence-corrected chi connectivity index (χ2v) is 7.11. The number of fused-ring (bicyclic) bond motifs is 1. The Morgan fingerprint density at radius 2 is 2.04 bits per heavy atom. The molecule has 2 rings (SSSR count). The predicted molar refractivity (Wildman–Crippen MR) is 104 cm³/mol. The number of nitrogens with zero attached hydrogens (tertiary/aromatic N) is 1. The van der Waals surface area contributed by atoms with Crippen LogP contribution in [0.25, 0.3) is 10.9 Å². The van der Waals surface area contributed by atoms with E-state index >= 15 is 0 Å². The van der Waals surface area contributed by atoms with Gasteiger partial charge in [-0.2, -0.15) is 0 Å². The lowest BCUT2D eigenvalue weighted by molar-refractivity contribution is -0.126. The average molecular weight is 379 g/mol. The molecule has 0 aliphatic heterocycles. The molecule has 0 aliphatic carbocycles. The summed E-state index contributed by atoms with van der Waals surface area (Å²) in [5, 5.41) is 3.61. The standard InChI is InChI=1S/C18H25N3O4S/c1-11-6-13(7-12-8-14(24-4)9-20-15(11)12)25-17(26-5)16(22)21-18(2,19)10-23-3/h6-9,17H,10,19H2,1-5H3,(H,21,22). The number of aromatic nitrogens is 1. The monoisotopic (exact) mass is 379 g/mol. The Bertz CT molecular complexity index is 782. The first-order valence-corrected chi connectivity index (χ1v) is 9.32. The number of nitrogens with one attached hydrogen (secondary N) is 1. The van der Waals surface area contributed by atoms with E-state index in [-0.39, 0.29) is 12.5 Å². The van der Waals surface area contributed by atoms with Gasteiger partial charge in [0.1, 0.15) is 17.2 Å². The smallest absolute Gasteiger partial charge is 0.273 e. The van der Waals surface area contributed by atoms with E-state index in [1.54, 1.807) is 26.5 Å². The van der Waals surface area contributed by atoms with Crippen molar-refractivity contribution in [1.29, 1.82) is 0 Å². The van der Waals surface area contributed by atoms with E-state index in [1.165, 1.54) is 18.9 Å². The van der Waals surface area contributed by atoms with E-state index < -0.39 is 11.1 Å². The minimum Gasteiger partial charge on any atom is -0.495 e. The molecule has 0 saturated carbocycles. The second-order valence-electron chi connectivity index (χ2n) is 6.21. The van der Waals surface area contributed by atoms with Gasteiger partial charge < -0.3 is 25.3 Å². The summed E-state index contributed by atoms with van der Waals surface area (Å²) in [5.41, 5.74) is 6.09. The molecule has 1 aromatic heterocycles. The summed E-state index contributed by atoms with van der Waals surface area (Å²) < 4.78 is 16.1. The highest BCUT2D eigenvalue weighted by Crippen LogP contribution is 2.28. The zero-order chi connectivity index (χ0) is 19.3. The molecule has 26 heavy (non-hydrogen) atoms. The zero-order valence-electron chi connectivity index (χ0n) is 15.7. The zero-order valence-corrected chi connectivity index (χ0v) is 16.5. The van der Waals surface area contributed by atoms with Gasteiger partial charge in [-0.15, -0.1) is 11.8 Å². The summed E-state index contributed by atoms with van der Waals surface area (Å²) >= 11 is 1.28. The van der Waals surface area contributed by atoms with Crippen molar-refractivity contribution in [2.75, 3.05) is 27.1 Å². The first kappa shape index (κ1) is 20.3. The Balaban J connectivity index is 2.23. The summed E-state index contributed by atoms with van der Waals surface area (Å²) in [4.78, 5) is 16.9. The Morgan fingerprint density at radius 1 is 1.35 bits per heavy atom. The van der Waals surface area contributed by atoms with Crippen LogP contribution in [0.4, 0.5) is 0 Å². The number of thioether (sulfide) groups is 1. The number of carbonyl (C=O) groups excluding carboxylic acids is 1. The van der Waals surface area contributed by atoms with E-state index in [9.17, 15) is 4.79 Å². The van der Waals surface area contributed by atoms with Crippen LogP contribution in [0, 0.1) is 6.92 Å². The highest BCUT2D eigenvalue weighted by molar-refractivity contribution is 7.99. The number of carbonyl (C=O) groups is 1. The van der Waals surface area contributed by atoms with Crippen LogP contribution in [0.1, 0.15) is 12.5 Å². The maximum Gasteiger partial charge on any atom is 0.273 e. The van der Waals surface area contributed by atoms with E-state index in [0.717, 1.165) is 16.5 Å². The van der Waals surface area contributed by atoms with Crippen LogP contribution in [0.2, 0.25) is 0 Å². The van der Waals surface area contributed by atoms with Crippen LogP contribution in [-0.4, -0.2) is 49.1 Å². The second kappa shape index (κ2) is 8.57. The molecule has 2 unspecified atom stereocenters. The summed E-state index contributed by atoms with van der Waals surface area (Å²) in [6, 6.07) is 5.58. The lowest BCUT2D eigenvalue weighted by atomic mass is 10.1. The molecule has 2 atom stereocenters. The molecule has 8 heteroatoms. The molecule has 3 N–H and O–H groups in total. The third kappa shape index (κ3) is 5.00. The van der Waals surface area contributed by atoms with Gasteiger partial charge >= 0.3 is 0 Å². The van der Waals surface area contributed by atoms with Crippen molar-refractivity contribution < 1.29 is 19.0 Å². The minimum atomic E-state index is -0.972. The number of rotatable bonds is 8. The van der Waals surface area contributed by atoms with Crippen molar-refractivity contribution >= 4 is 28.6 Å². The Morgan fingerprint density at radius 3 is 2.65 bits per heavy atom. The maximum absolute atomic E-state index is 12.5. The SMILES string of the molecule is COCC(C)(N)NC(=O)C(Oc1cc(C)c2ncc(OC)cc2c1)SC. The summed E-state index contributed by atoms with van der Waals surface area (Å²) in [7, 11) is 3.12. The van der Waals surface area contributed by atoms with Gasteiger partial charge in [0, 0.05) is 12.5 Å². The first-order valence-electron chi connectivity index (χ1n) is 8.03. The van der Waals surface area contributed by atoms with Crippen LogP contribution in [0.3, 0.4) is 0 Å². The summed E-state index contributed by atoms with van der Waals surface area (Å²) in [6.45, 7) is 3.82. The van der Waals surface area contributed by atoms with Crippen molar-refractivity contribution in [1.82, 2.24) is 10.3 Å². The van der Waals surface area contributed by atoms with E-state index in [0.29, 0.717) is 11.5 Å². The quantitative estimate of drug-likeness (QED) is 0.678. The fourth-order valence-corrected chi connectivity index (χ4v) is 3.05. The molecule has 1 aromatic carbocycles. The molecular weight excluding hydrogens is 354 g/mol. The predicted octanol–water partition coefficient (Wildman–Crippen LogP) is 2.06. The number of hydrogen-bond donors (Lipinski definition) is 2. The van der Waals surface area contributed by atoms with Crippen molar-refractivity contribution in [3.05, 3.63) is 30.0 Å². The lowest BCUT2D eigenvalue weighted by Gasteiger charge is -2.27. The largest absolute Gasteiger partial charge is 0.495 e. The number of nitrogens with two attached hydrogens (primary N) is 1. The van der Waals surface area contributed by atoms with E-state index in [1.807, 2.05) is 25.1 Å². The lowest BCUT2D eigenvalue weighted by Crippen LogP contribution is -2.59. The van der Waals surface area contributed by atoms with Gasteiger partial charge in [-0.25, -0.2) is 0 Å². The highest BCUT2D eigenvalue weighted by atomic mass is 32.2. The first-order chi connectivity index (χ1) is 12.3. The molecule has 0 radical (unpaired) electrons. The van der Waals surface area contributed by atoms with E-state index in [2.05, 4.69) is 10.3 Å². The highest BCUT2D eigenvalue weighted by Gasteiger charge is 2.27. The van der Waals surface area contributed by atoms with Gasteiger partial charge in [-0.1, -0.05) is 0 Å². The molecule has 0 fully saturated rings. The van der Waals surface area contributed by atoms with Gasteiger partial charge in [-0.3, -0.25) is 9.78 Å². The summed E-state index contributed by atoms with van der Waals surface area (Å²) in [5.74, 6) is 0.915. The minimum absolute atomic E-state index is 0.195. The normalized spacial score (nSPS) is 14.5. The van der Waals surface area contributed by atoms with Crippen LogP contribution in [0.5, 0.6) is 11.5 Å². The maximum atomic E-state index is 12.5. The number of methoxy groups -OCH3 is 2. The van der Waals surface area contributed by atoms with Gasteiger partial charge in [0.15, 0.2) is 0 Å². The van der Waals surface area contributed by atoms with Crippen molar-refractivity contribution in [3.63, 3.8) is 0 Å². The molecule has 0 saturated heterocycles. The Hall–Kier alpha value is -2.03. The number of amides is 1. The number of ether oxygens (including phenoxy) is 3. The molecule has 1 heterocycles. The molecule has 0 aliphatic rings. The molecule has 1 amide bonds. The van der Waals surface area contributed by atoms with Crippen LogP contribution >= 0.6 is 11.8 Å². The Kier molecular flexibility index (Phi) is 6.69. The van der Waals surface area contributed by atoms with E-state index in [4.69, 9.17) is 19.9 Å². The third-order valence-corrected chi connectivity index (χ3v) is 4.42. The molecule has 2 aromatic rings. The van der Waals surface area contributed by atoms with Gasteiger partial charge in [0.2, 0.25) is 5.44 Å². The van der Waals surface area contributed by atoms with Gasteiger partial charge in [0.25, 0.3) is 5.91 Å². The van der Waals surface area contributed by atoms with Crippen molar-refractivity contribution in [2.45, 2.75) is 24.9 Å². The fourth-order valence-electron chi connectivity index (χ4n) is 2.57. The number of benzene rings is 1. The number of aryl methyl sites for hydroxylation is 1. The fraction of sp³-hybridized carbons (Fsp3) is 0.444. The third-order valence-electron chi connectivity index (χ3n) is 3.68. The van der Waals surface area contributed by atoms with Crippen LogP contribution < -0.4 is 20.5 Å². The molecule has 0 spiro atoms. The average Bonchev–Trinajstić information content (AvgIpc) is 2.58. The van der Waals surface area contributed by atoms with Gasteiger partial charge in [-0.05, 0) is 43.9 Å². The molecule has 7 nitrogen and oxygen atoms in total. The topological polar surface area (TPSA) is 95.7 Å². The Labute approximate surface area is 157 Å². The van der Waals surface area contributed by atoms with Crippen LogP contribution in [0.15, 0.2) is 24.4 Å². The molecule has 0 bridgehead atoms. The van der Waals surface area contributed by atoms with Gasteiger partial charge in [0.05, 0.1) is 25.4 Å².